The molecule has 122 valence electrons. The van der Waals surface area contributed by atoms with Gasteiger partial charge in [0, 0.05) is 5.92 Å². The second kappa shape index (κ2) is 6.55. The van der Waals surface area contributed by atoms with Crippen molar-refractivity contribution in [2.45, 2.75) is 25.8 Å². The molecule has 2 heterocycles. The fourth-order valence-electron chi connectivity index (χ4n) is 2.26. The highest BCUT2D eigenvalue weighted by Gasteiger charge is 2.30. The monoisotopic (exact) mass is 334 g/mol. The predicted molar refractivity (Wildman–Crippen MR) is 86.4 cm³/mol. The average Bonchev–Trinajstić information content (AvgIpc) is 3.12. The molecule has 0 radical (unpaired) electrons. The van der Waals surface area contributed by atoms with Gasteiger partial charge in [0.05, 0.1) is 22.7 Å². The first-order valence-corrected chi connectivity index (χ1v) is 8.26. The Hall–Kier alpha value is -2.12. The van der Waals surface area contributed by atoms with Crippen molar-refractivity contribution in [2.24, 2.45) is 5.92 Å². The van der Waals surface area contributed by atoms with E-state index in [0.29, 0.717) is 15.6 Å². The van der Waals surface area contributed by atoms with Gasteiger partial charge in [0.15, 0.2) is 0 Å². The molecular formula is C16H18N2O4S. The van der Waals surface area contributed by atoms with Crippen LogP contribution < -0.4 is 10.6 Å². The van der Waals surface area contributed by atoms with Crippen LogP contribution >= 0.6 is 11.3 Å². The van der Waals surface area contributed by atoms with E-state index in [9.17, 15) is 14.7 Å². The molecule has 1 aliphatic carbocycles. The largest absolute Gasteiger partial charge is 0.467 e. The second-order valence-electron chi connectivity index (χ2n) is 5.61. The van der Waals surface area contributed by atoms with Gasteiger partial charge in [0.25, 0.3) is 5.91 Å². The summed E-state index contributed by atoms with van der Waals surface area (Å²) in [4.78, 5) is 24.7. The minimum atomic E-state index is -0.594. The van der Waals surface area contributed by atoms with Crippen molar-refractivity contribution in [2.75, 3.05) is 11.9 Å². The Bertz CT molecular complexity index is 704. The predicted octanol–water partition coefficient (Wildman–Crippen LogP) is 2.46. The SMILES string of the molecule is Cc1cc(NC(=O)C2CC2)sc1C(=O)NC(CO)c1ccco1. The zero-order valence-electron chi connectivity index (χ0n) is 12.7. The molecule has 1 saturated carbocycles. The summed E-state index contributed by atoms with van der Waals surface area (Å²) in [6.45, 7) is 1.56. The molecule has 1 fully saturated rings. The van der Waals surface area contributed by atoms with E-state index in [0.717, 1.165) is 18.4 Å². The highest BCUT2D eigenvalue weighted by atomic mass is 32.1. The molecule has 2 amide bonds. The molecular weight excluding hydrogens is 316 g/mol. The van der Waals surface area contributed by atoms with Gasteiger partial charge in [-0.25, -0.2) is 0 Å². The van der Waals surface area contributed by atoms with E-state index in [1.165, 1.54) is 17.6 Å². The number of rotatable bonds is 6. The van der Waals surface area contributed by atoms with E-state index in [1.54, 1.807) is 18.2 Å². The smallest absolute Gasteiger partial charge is 0.262 e. The third-order valence-corrected chi connectivity index (χ3v) is 4.84. The van der Waals surface area contributed by atoms with E-state index >= 15 is 0 Å². The summed E-state index contributed by atoms with van der Waals surface area (Å²) < 4.78 is 5.22. The van der Waals surface area contributed by atoms with E-state index in [-0.39, 0.29) is 24.3 Å². The summed E-state index contributed by atoms with van der Waals surface area (Å²) in [6, 6.07) is 4.60. The first kappa shape index (κ1) is 15.8. The fourth-order valence-corrected chi connectivity index (χ4v) is 3.24. The Balaban J connectivity index is 1.69. The van der Waals surface area contributed by atoms with Crippen molar-refractivity contribution in [3.8, 4) is 0 Å². The fraction of sp³-hybridized carbons (Fsp3) is 0.375. The lowest BCUT2D eigenvalue weighted by Gasteiger charge is -2.13. The van der Waals surface area contributed by atoms with Crippen LogP contribution in [0.5, 0.6) is 0 Å². The van der Waals surface area contributed by atoms with Crippen molar-refractivity contribution in [1.82, 2.24) is 5.32 Å². The molecule has 23 heavy (non-hydrogen) atoms. The molecule has 0 bridgehead atoms. The number of nitrogens with one attached hydrogen (secondary N) is 2. The van der Waals surface area contributed by atoms with Gasteiger partial charge in [0.1, 0.15) is 11.8 Å². The number of hydrogen-bond acceptors (Lipinski definition) is 5. The quantitative estimate of drug-likeness (QED) is 0.757. The van der Waals surface area contributed by atoms with E-state index in [1.807, 2.05) is 6.92 Å². The number of carbonyl (C=O) groups excluding carboxylic acids is 2. The van der Waals surface area contributed by atoms with Gasteiger partial charge in [-0.1, -0.05) is 0 Å². The Morgan fingerprint density at radius 2 is 2.26 bits per heavy atom. The second-order valence-corrected chi connectivity index (χ2v) is 6.66. The van der Waals surface area contributed by atoms with Crippen molar-refractivity contribution in [3.63, 3.8) is 0 Å². The standard InChI is InChI=1S/C16H18N2O4S/c1-9-7-13(18-15(20)10-4-5-10)23-14(9)16(21)17-11(8-19)12-3-2-6-22-12/h2-3,6-7,10-11,19H,4-5,8H2,1H3,(H,17,21)(H,18,20). The van der Waals surface area contributed by atoms with Gasteiger partial charge in [-0.3, -0.25) is 9.59 Å². The minimum absolute atomic E-state index is 0.0158. The van der Waals surface area contributed by atoms with Crippen molar-refractivity contribution >= 4 is 28.2 Å². The highest BCUT2D eigenvalue weighted by Crippen LogP contribution is 2.33. The summed E-state index contributed by atoms with van der Waals surface area (Å²) in [5, 5.41) is 15.7. The van der Waals surface area contributed by atoms with Crippen LogP contribution in [0.15, 0.2) is 28.9 Å². The lowest BCUT2D eigenvalue weighted by atomic mass is 10.2. The maximum atomic E-state index is 12.4. The zero-order valence-corrected chi connectivity index (χ0v) is 13.5. The van der Waals surface area contributed by atoms with Gasteiger partial charge in [0.2, 0.25) is 5.91 Å². The van der Waals surface area contributed by atoms with Crippen LogP contribution in [-0.4, -0.2) is 23.5 Å². The molecule has 0 aliphatic heterocycles. The van der Waals surface area contributed by atoms with Crippen molar-refractivity contribution < 1.29 is 19.1 Å². The normalized spacial score (nSPS) is 15.2. The molecule has 1 aliphatic rings. The molecule has 2 aromatic rings. The lowest BCUT2D eigenvalue weighted by molar-refractivity contribution is -0.117. The van der Waals surface area contributed by atoms with Crippen LogP contribution in [0, 0.1) is 12.8 Å². The molecule has 1 atom stereocenters. The Morgan fingerprint density at radius 1 is 1.48 bits per heavy atom. The molecule has 0 aromatic carbocycles. The van der Waals surface area contributed by atoms with Crippen LogP contribution in [0.1, 0.15) is 39.9 Å². The molecule has 0 spiro atoms. The van der Waals surface area contributed by atoms with Gasteiger partial charge in [-0.05, 0) is 43.5 Å². The van der Waals surface area contributed by atoms with Crippen LogP contribution in [-0.2, 0) is 4.79 Å². The van der Waals surface area contributed by atoms with Crippen LogP contribution in [0.2, 0.25) is 0 Å². The number of aliphatic hydroxyl groups is 1. The van der Waals surface area contributed by atoms with Crippen molar-refractivity contribution in [3.05, 3.63) is 40.7 Å². The van der Waals surface area contributed by atoms with Gasteiger partial charge < -0.3 is 20.2 Å². The number of aliphatic hydroxyl groups excluding tert-OH is 1. The van der Waals surface area contributed by atoms with Crippen LogP contribution in [0.3, 0.4) is 0 Å². The maximum absolute atomic E-state index is 12.4. The molecule has 3 N–H and O–H groups in total. The summed E-state index contributed by atoms with van der Waals surface area (Å²) >= 11 is 1.23. The van der Waals surface area contributed by atoms with Crippen molar-refractivity contribution in [1.29, 1.82) is 0 Å². The summed E-state index contributed by atoms with van der Waals surface area (Å²) in [6.07, 6.45) is 3.36. The molecule has 7 heteroatoms. The first-order chi connectivity index (χ1) is 11.1. The number of hydrogen-bond donors (Lipinski definition) is 3. The van der Waals surface area contributed by atoms with Crippen LogP contribution in [0.25, 0.3) is 0 Å². The van der Waals surface area contributed by atoms with E-state index in [4.69, 9.17) is 4.42 Å². The third kappa shape index (κ3) is 3.62. The zero-order chi connectivity index (χ0) is 16.4. The highest BCUT2D eigenvalue weighted by molar-refractivity contribution is 7.18. The molecule has 2 aromatic heterocycles. The lowest BCUT2D eigenvalue weighted by Crippen LogP contribution is -2.30. The summed E-state index contributed by atoms with van der Waals surface area (Å²) in [7, 11) is 0. The third-order valence-electron chi connectivity index (χ3n) is 3.69. The molecule has 1 unspecified atom stereocenters. The number of furan rings is 1. The van der Waals surface area contributed by atoms with Crippen LogP contribution in [0.4, 0.5) is 5.00 Å². The number of thiophene rings is 1. The molecule has 6 nitrogen and oxygen atoms in total. The first-order valence-electron chi connectivity index (χ1n) is 7.45. The minimum Gasteiger partial charge on any atom is -0.467 e. The topological polar surface area (TPSA) is 91.6 Å². The van der Waals surface area contributed by atoms with Gasteiger partial charge in [-0.2, -0.15) is 0 Å². The number of anilines is 1. The maximum Gasteiger partial charge on any atom is 0.262 e. The number of carbonyl (C=O) groups is 2. The molecule has 0 saturated heterocycles. The Labute approximate surface area is 137 Å². The Morgan fingerprint density at radius 3 is 2.87 bits per heavy atom. The van der Waals surface area contributed by atoms with E-state index < -0.39 is 6.04 Å². The number of aryl methyl sites for hydroxylation is 1. The molecule has 3 rings (SSSR count). The summed E-state index contributed by atoms with van der Waals surface area (Å²) in [5.74, 6) is 0.335. The van der Waals surface area contributed by atoms with Gasteiger partial charge >= 0.3 is 0 Å². The Kier molecular flexibility index (Phi) is 4.49. The van der Waals surface area contributed by atoms with Gasteiger partial charge in [-0.15, -0.1) is 11.3 Å². The van der Waals surface area contributed by atoms with E-state index in [2.05, 4.69) is 10.6 Å². The summed E-state index contributed by atoms with van der Waals surface area (Å²) in [5.41, 5.74) is 0.787. The number of amides is 2. The average molecular weight is 334 g/mol.